The molecule has 1 unspecified atom stereocenters. The number of carbonyl (C=O) groups is 1. The molecule has 2 fully saturated rings. The van der Waals surface area contributed by atoms with E-state index in [1.54, 1.807) is 12.4 Å². The fourth-order valence-electron chi connectivity index (χ4n) is 4.57. The molecule has 2 aromatic heterocycles. The molecular formula is C25H29N5O3. The number of carbonyl (C=O) groups excluding carboxylic acids is 1. The highest BCUT2D eigenvalue weighted by atomic mass is 16.6. The maximum Gasteiger partial charge on any atom is 0.410 e. The maximum absolute atomic E-state index is 13.3. The van der Waals surface area contributed by atoms with Crippen LogP contribution in [0.25, 0.3) is 11.5 Å². The average molecular weight is 448 g/mol. The Morgan fingerprint density at radius 3 is 2.55 bits per heavy atom. The Balaban J connectivity index is 1.41. The largest absolute Gasteiger partial charge is 0.444 e. The predicted octanol–water partition coefficient (Wildman–Crippen LogP) is 4.74. The summed E-state index contributed by atoms with van der Waals surface area (Å²) in [5, 5.41) is 4.31. The lowest BCUT2D eigenvalue weighted by atomic mass is 9.67. The van der Waals surface area contributed by atoms with Crippen molar-refractivity contribution in [3.05, 3.63) is 60.4 Å². The van der Waals surface area contributed by atoms with Gasteiger partial charge in [-0.1, -0.05) is 41.9 Å². The van der Waals surface area contributed by atoms with Crippen LogP contribution in [-0.4, -0.2) is 49.3 Å². The molecule has 172 valence electrons. The van der Waals surface area contributed by atoms with Crippen molar-refractivity contribution in [2.75, 3.05) is 6.54 Å². The van der Waals surface area contributed by atoms with Crippen molar-refractivity contribution < 1.29 is 14.1 Å². The van der Waals surface area contributed by atoms with Gasteiger partial charge in [-0.3, -0.25) is 0 Å². The molecule has 0 radical (unpaired) electrons. The summed E-state index contributed by atoms with van der Waals surface area (Å²) in [6.07, 6.45) is 8.28. The summed E-state index contributed by atoms with van der Waals surface area (Å²) in [6, 6.07) is 10.5. The lowest BCUT2D eigenvalue weighted by Gasteiger charge is -2.43. The fraction of sp³-hybridized carbons (Fsp3) is 0.480. The van der Waals surface area contributed by atoms with E-state index >= 15 is 0 Å². The first-order valence-electron chi connectivity index (χ1n) is 11.5. The Morgan fingerprint density at radius 1 is 1.18 bits per heavy atom. The zero-order valence-electron chi connectivity index (χ0n) is 19.3. The van der Waals surface area contributed by atoms with Gasteiger partial charge in [0.1, 0.15) is 11.9 Å². The van der Waals surface area contributed by atoms with Gasteiger partial charge in [-0.25, -0.2) is 14.8 Å². The topological polar surface area (TPSA) is 94.2 Å². The molecule has 3 aromatic rings. The van der Waals surface area contributed by atoms with E-state index in [1.165, 1.54) is 11.9 Å². The van der Waals surface area contributed by atoms with Crippen molar-refractivity contribution in [2.45, 2.75) is 69.4 Å². The number of hydrogen-bond acceptors (Lipinski definition) is 7. The van der Waals surface area contributed by atoms with Crippen LogP contribution in [0.2, 0.25) is 0 Å². The minimum atomic E-state index is -0.564. The van der Waals surface area contributed by atoms with Gasteiger partial charge in [0, 0.05) is 30.9 Å². The van der Waals surface area contributed by atoms with E-state index in [1.807, 2.05) is 43.9 Å². The second kappa shape index (κ2) is 8.24. The number of rotatable bonds is 6. The van der Waals surface area contributed by atoms with Crippen LogP contribution < -0.4 is 0 Å². The molecule has 2 heterocycles. The molecule has 1 amide bonds. The minimum absolute atomic E-state index is 0.105. The van der Waals surface area contributed by atoms with E-state index in [4.69, 9.17) is 9.26 Å². The van der Waals surface area contributed by atoms with Crippen LogP contribution in [0.5, 0.6) is 0 Å². The van der Waals surface area contributed by atoms with Crippen LogP contribution in [0.4, 0.5) is 4.79 Å². The third kappa shape index (κ3) is 4.47. The SMILES string of the molecule is CC(C)(C)OC(=O)N(CC1(c2noc(-c3cncnc3)n2)CCC1)[C@H]1CC1c1ccccc1. The standard InChI is InChI=1S/C25H29N5O3/c1-24(2,3)32-23(31)30(20-12-19(20)17-8-5-4-6-9-17)15-25(10-7-11-25)22-28-21(33-29-22)18-13-26-16-27-14-18/h4-6,8-9,13-14,16,19-20H,7,10-12,15H2,1-3H3/t19?,20-/m0/s1. The van der Waals surface area contributed by atoms with Crippen LogP contribution in [0.15, 0.2) is 53.6 Å². The molecule has 8 nitrogen and oxygen atoms in total. The first kappa shape index (κ1) is 21.6. The lowest BCUT2D eigenvalue weighted by molar-refractivity contribution is 0.0123. The van der Waals surface area contributed by atoms with Gasteiger partial charge in [0.25, 0.3) is 5.89 Å². The number of amides is 1. The molecule has 5 rings (SSSR count). The monoisotopic (exact) mass is 447 g/mol. The zero-order chi connectivity index (χ0) is 23.1. The number of hydrogen-bond donors (Lipinski definition) is 0. The number of nitrogens with zero attached hydrogens (tertiary/aromatic N) is 5. The Labute approximate surface area is 193 Å². The van der Waals surface area contributed by atoms with E-state index in [0.717, 1.165) is 25.7 Å². The summed E-state index contributed by atoms with van der Waals surface area (Å²) in [5.74, 6) is 1.35. The van der Waals surface area contributed by atoms with Gasteiger partial charge in [-0.15, -0.1) is 0 Å². The van der Waals surface area contributed by atoms with E-state index in [-0.39, 0.29) is 17.6 Å². The summed E-state index contributed by atoms with van der Waals surface area (Å²) in [5.41, 5.74) is 1.04. The molecule has 0 spiro atoms. The van der Waals surface area contributed by atoms with Crippen molar-refractivity contribution in [3.8, 4) is 11.5 Å². The molecular weight excluding hydrogens is 418 g/mol. The number of benzene rings is 1. The number of ether oxygens (including phenoxy) is 1. The molecule has 33 heavy (non-hydrogen) atoms. The van der Waals surface area contributed by atoms with Crippen LogP contribution >= 0.6 is 0 Å². The highest BCUT2D eigenvalue weighted by molar-refractivity contribution is 5.70. The van der Waals surface area contributed by atoms with Gasteiger partial charge < -0.3 is 14.2 Å². The molecule has 8 heteroatoms. The van der Waals surface area contributed by atoms with E-state index in [2.05, 4.69) is 32.2 Å². The molecule has 0 N–H and O–H groups in total. The Morgan fingerprint density at radius 2 is 1.91 bits per heavy atom. The lowest BCUT2D eigenvalue weighted by Crippen LogP contribution is -2.50. The highest BCUT2D eigenvalue weighted by Gasteiger charge is 2.52. The Bertz CT molecular complexity index is 1110. The summed E-state index contributed by atoms with van der Waals surface area (Å²) in [7, 11) is 0. The van der Waals surface area contributed by atoms with E-state index in [9.17, 15) is 4.79 Å². The van der Waals surface area contributed by atoms with Gasteiger partial charge >= 0.3 is 6.09 Å². The molecule has 0 aliphatic heterocycles. The fourth-order valence-corrected chi connectivity index (χ4v) is 4.57. The molecule has 2 atom stereocenters. The molecule has 2 saturated carbocycles. The van der Waals surface area contributed by atoms with Crippen LogP contribution in [0.1, 0.15) is 63.8 Å². The Hall–Kier alpha value is -3.29. The third-order valence-corrected chi connectivity index (χ3v) is 6.50. The van der Waals surface area contributed by atoms with Crippen molar-refractivity contribution in [2.24, 2.45) is 0 Å². The third-order valence-electron chi connectivity index (χ3n) is 6.50. The summed E-state index contributed by atoms with van der Waals surface area (Å²) in [4.78, 5) is 28.0. The predicted molar refractivity (Wildman–Crippen MR) is 121 cm³/mol. The van der Waals surface area contributed by atoms with Crippen molar-refractivity contribution in [3.63, 3.8) is 0 Å². The normalized spacial score (nSPS) is 21.2. The van der Waals surface area contributed by atoms with Crippen LogP contribution in [0.3, 0.4) is 0 Å². The maximum atomic E-state index is 13.3. The first-order chi connectivity index (χ1) is 15.8. The molecule has 0 saturated heterocycles. The molecule has 0 bridgehead atoms. The second-order valence-electron chi connectivity index (χ2n) is 10.1. The summed E-state index contributed by atoms with van der Waals surface area (Å²) >= 11 is 0. The molecule has 2 aliphatic rings. The van der Waals surface area contributed by atoms with E-state index < -0.39 is 5.60 Å². The highest BCUT2D eigenvalue weighted by Crippen LogP contribution is 2.49. The van der Waals surface area contributed by atoms with Crippen molar-refractivity contribution in [1.82, 2.24) is 25.0 Å². The average Bonchev–Trinajstić information content (AvgIpc) is 3.40. The van der Waals surface area contributed by atoms with Gasteiger partial charge in [-0.2, -0.15) is 4.98 Å². The smallest absolute Gasteiger partial charge is 0.410 e. The zero-order valence-corrected chi connectivity index (χ0v) is 19.3. The first-order valence-corrected chi connectivity index (χ1v) is 11.5. The molecule has 2 aliphatic carbocycles. The summed E-state index contributed by atoms with van der Waals surface area (Å²) in [6.45, 7) is 6.21. The van der Waals surface area contributed by atoms with Crippen molar-refractivity contribution >= 4 is 6.09 Å². The molecule has 1 aromatic carbocycles. The minimum Gasteiger partial charge on any atom is -0.444 e. The van der Waals surface area contributed by atoms with Gasteiger partial charge in [0.2, 0.25) is 0 Å². The summed E-state index contributed by atoms with van der Waals surface area (Å²) < 4.78 is 11.4. The van der Waals surface area contributed by atoms with E-state index in [0.29, 0.717) is 29.7 Å². The number of aromatic nitrogens is 4. The second-order valence-corrected chi connectivity index (χ2v) is 10.1. The quantitative estimate of drug-likeness (QED) is 0.538. The van der Waals surface area contributed by atoms with Gasteiger partial charge in [-0.05, 0) is 45.6 Å². The Kier molecular flexibility index (Phi) is 5.38. The van der Waals surface area contributed by atoms with Crippen LogP contribution in [-0.2, 0) is 10.2 Å². The van der Waals surface area contributed by atoms with Gasteiger partial charge in [0.05, 0.1) is 11.0 Å². The van der Waals surface area contributed by atoms with Crippen molar-refractivity contribution in [1.29, 1.82) is 0 Å². The van der Waals surface area contributed by atoms with Crippen LogP contribution in [0, 0.1) is 0 Å². The van der Waals surface area contributed by atoms with Gasteiger partial charge in [0.15, 0.2) is 5.82 Å².